The van der Waals surface area contributed by atoms with Gasteiger partial charge in [0.05, 0.1) is 0 Å². The lowest BCUT2D eigenvalue weighted by atomic mass is 10.1. The van der Waals surface area contributed by atoms with Crippen molar-refractivity contribution in [3.05, 3.63) is 36.5 Å². The molecule has 0 saturated heterocycles. The van der Waals surface area contributed by atoms with E-state index in [0.717, 1.165) is 51.4 Å². The predicted octanol–water partition coefficient (Wildman–Crippen LogP) is 5.66. The molecule has 0 aliphatic heterocycles. The molecular formula is C18H30O2. The van der Waals surface area contributed by atoms with Crippen LogP contribution in [0.3, 0.4) is 0 Å². The molecular weight excluding hydrogens is 248 g/mol. The van der Waals surface area contributed by atoms with Crippen molar-refractivity contribution in [3.8, 4) is 0 Å². The molecule has 0 aliphatic rings. The molecule has 0 aromatic heterocycles. The van der Waals surface area contributed by atoms with Crippen LogP contribution in [0.25, 0.3) is 0 Å². The Hall–Kier alpha value is -1.31. The number of aliphatic carboxylic acids is 1. The van der Waals surface area contributed by atoms with Crippen molar-refractivity contribution in [1.29, 1.82) is 0 Å². The van der Waals surface area contributed by atoms with E-state index in [4.69, 9.17) is 5.11 Å². The van der Waals surface area contributed by atoms with Gasteiger partial charge in [-0.05, 0) is 57.8 Å². The Morgan fingerprint density at radius 2 is 1.25 bits per heavy atom. The fraction of sp³-hybridized carbons (Fsp3) is 0.611. The number of allylic oxidation sites excluding steroid dienone is 6. The summed E-state index contributed by atoms with van der Waals surface area (Å²) in [4.78, 5) is 10.3. The van der Waals surface area contributed by atoms with Crippen molar-refractivity contribution in [2.75, 3.05) is 0 Å². The van der Waals surface area contributed by atoms with E-state index < -0.39 is 5.97 Å². The second-order valence-electron chi connectivity index (χ2n) is 4.97. The van der Waals surface area contributed by atoms with Crippen LogP contribution >= 0.6 is 0 Å². The number of carboxylic acid groups (broad SMARTS) is 1. The van der Waals surface area contributed by atoms with E-state index in [2.05, 4.69) is 43.4 Å². The Bertz CT molecular complexity index is 301. The summed E-state index contributed by atoms with van der Waals surface area (Å²) in [7, 11) is 0. The number of rotatable bonds is 13. The molecule has 0 heterocycles. The first-order valence-electron chi connectivity index (χ1n) is 7.94. The van der Waals surface area contributed by atoms with E-state index in [1.54, 1.807) is 0 Å². The van der Waals surface area contributed by atoms with Crippen molar-refractivity contribution in [2.45, 2.75) is 71.1 Å². The Labute approximate surface area is 124 Å². The van der Waals surface area contributed by atoms with Crippen LogP contribution in [0.15, 0.2) is 36.5 Å². The quantitative estimate of drug-likeness (QED) is 0.348. The molecule has 20 heavy (non-hydrogen) atoms. The van der Waals surface area contributed by atoms with Crippen LogP contribution in [-0.2, 0) is 4.79 Å². The molecule has 2 nitrogen and oxygen atoms in total. The monoisotopic (exact) mass is 278 g/mol. The first kappa shape index (κ1) is 18.7. The molecule has 0 aliphatic carbocycles. The van der Waals surface area contributed by atoms with Gasteiger partial charge in [-0.3, -0.25) is 4.79 Å². The lowest BCUT2D eigenvalue weighted by molar-refractivity contribution is -0.137. The average molecular weight is 278 g/mol. The summed E-state index contributed by atoms with van der Waals surface area (Å²) in [5, 5.41) is 8.49. The maximum atomic E-state index is 10.3. The molecule has 0 rings (SSSR count). The first-order valence-corrected chi connectivity index (χ1v) is 7.94. The van der Waals surface area contributed by atoms with Gasteiger partial charge < -0.3 is 5.11 Å². The zero-order valence-corrected chi connectivity index (χ0v) is 12.9. The molecule has 0 fully saturated rings. The van der Waals surface area contributed by atoms with Gasteiger partial charge in [0.25, 0.3) is 0 Å². The molecule has 0 unspecified atom stereocenters. The SMILES string of the molecule is CC/C=C/CC/C=C/CCC/C=C/CCCCC(=O)O. The second-order valence-corrected chi connectivity index (χ2v) is 4.97. The number of hydrogen-bond donors (Lipinski definition) is 1. The van der Waals surface area contributed by atoms with Crippen molar-refractivity contribution >= 4 is 5.97 Å². The maximum Gasteiger partial charge on any atom is 0.303 e. The summed E-state index contributed by atoms with van der Waals surface area (Å²) >= 11 is 0. The molecule has 0 bridgehead atoms. The summed E-state index contributed by atoms with van der Waals surface area (Å²) in [6.07, 6.45) is 23.4. The summed E-state index contributed by atoms with van der Waals surface area (Å²) in [6.45, 7) is 2.16. The lowest BCUT2D eigenvalue weighted by Crippen LogP contribution is -1.92. The summed E-state index contributed by atoms with van der Waals surface area (Å²) in [5.41, 5.74) is 0. The smallest absolute Gasteiger partial charge is 0.303 e. The molecule has 0 aromatic carbocycles. The Kier molecular flexibility index (Phi) is 14.7. The van der Waals surface area contributed by atoms with Crippen molar-refractivity contribution in [3.63, 3.8) is 0 Å². The van der Waals surface area contributed by atoms with Gasteiger partial charge in [0, 0.05) is 6.42 Å². The van der Waals surface area contributed by atoms with Gasteiger partial charge in [0.2, 0.25) is 0 Å². The Balaban J connectivity index is 3.24. The van der Waals surface area contributed by atoms with E-state index in [-0.39, 0.29) is 0 Å². The minimum Gasteiger partial charge on any atom is -0.481 e. The third kappa shape index (κ3) is 16.7. The fourth-order valence-corrected chi connectivity index (χ4v) is 1.84. The predicted molar refractivity (Wildman–Crippen MR) is 86.9 cm³/mol. The van der Waals surface area contributed by atoms with Crippen LogP contribution in [-0.4, -0.2) is 11.1 Å². The normalized spacial score (nSPS) is 12.1. The van der Waals surface area contributed by atoms with Crippen LogP contribution in [0.2, 0.25) is 0 Å². The summed E-state index contributed by atoms with van der Waals surface area (Å²) < 4.78 is 0. The number of carbonyl (C=O) groups is 1. The van der Waals surface area contributed by atoms with Gasteiger partial charge >= 0.3 is 5.97 Å². The highest BCUT2D eigenvalue weighted by Crippen LogP contribution is 2.04. The molecule has 0 amide bonds. The number of unbranched alkanes of at least 4 members (excludes halogenated alkanes) is 5. The number of carboxylic acids is 1. The number of hydrogen-bond acceptors (Lipinski definition) is 1. The Morgan fingerprint density at radius 1 is 0.750 bits per heavy atom. The molecule has 2 heteroatoms. The largest absolute Gasteiger partial charge is 0.481 e. The van der Waals surface area contributed by atoms with Crippen LogP contribution < -0.4 is 0 Å². The van der Waals surface area contributed by atoms with E-state index in [1.807, 2.05) is 0 Å². The van der Waals surface area contributed by atoms with Crippen LogP contribution in [0.5, 0.6) is 0 Å². The van der Waals surface area contributed by atoms with Gasteiger partial charge in [-0.15, -0.1) is 0 Å². The Morgan fingerprint density at radius 3 is 1.80 bits per heavy atom. The van der Waals surface area contributed by atoms with Crippen molar-refractivity contribution in [1.82, 2.24) is 0 Å². The fourth-order valence-electron chi connectivity index (χ4n) is 1.84. The average Bonchev–Trinajstić information content (AvgIpc) is 2.43. The molecule has 0 saturated carbocycles. The highest BCUT2D eigenvalue weighted by atomic mass is 16.4. The summed E-state index contributed by atoms with van der Waals surface area (Å²) in [5.74, 6) is -0.689. The van der Waals surface area contributed by atoms with Gasteiger partial charge in [0.15, 0.2) is 0 Å². The molecule has 0 aromatic rings. The summed E-state index contributed by atoms with van der Waals surface area (Å²) in [6, 6.07) is 0. The highest BCUT2D eigenvalue weighted by Gasteiger charge is 1.94. The van der Waals surface area contributed by atoms with Gasteiger partial charge in [-0.25, -0.2) is 0 Å². The minimum atomic E-state index is -0.689. The van der Waals surface area contributed by atoms with Crippen molar-refractivity contribution in [2.24, 2.45) is 0 Å². The van der Waals surface area contributed by atoms with Crippen LogP contribution in [0, 0.1) is 0 Å². The zero-order valence-electron chi connectivity index (χ0n) is 12.9. The van der Waals surface area contributed by atoms with Crippen LogP contribution in [0.4, 0.5) is 0 Å². The molecule has 0 spiro atoms. The van der Waals surface area contributed by atoms with Crippen LogP contribution in [0.1, 0.15) is 71.1 Å². The topological polar surface area (TPSA) is 37.3 Å². The first-order chi connectivity index (χ1) is 9.77. The molecule has 1 N–H and O–H groups in total. The zero-order chi connectivity index (χ0) is 14.9. The molecule has 114 valence electrons. The van der Waals surface area contributed by atoms with Gasteiger partial charge in [0.1, 0.15) is 0 Å². The van der Waals surface area contributed by atoms with E-state index >= 15 is 0 Å². The highest BCUT2D eigenvalue weighted by molar-refractivity contribution is 5.66. The van der Waals surface area contributed by atoms with E-state index in [0.29, 0.717) is 6.42 Å². The third-order valence-corrected chi connectivity index (χ3v) is 2.99. The minimum absolute atomic E-state index is 0.298. The third-order valence-electron chi connectivity index (χ3n) is 2.99. The van der Waals surface area contributed by atoms with E-state index in [1.165, 1.54) is 6.42 Å². The van der Waals surface area contributed by atoms with E-state index in [9.17, 15) is 4.79 Å². The second kappa shape index (κ2) is 15.7. The lowest BCUT2D eigenvalue weighted by Gasteiger charge is -1.94. The molecule has 0 atom stereocenters. The standard InChI is InChI=1S/C18H30O2/c1-2-3-4-5-6-7-8-9-10-11-12-13-14-15-16-17-18(19)20/h3-4,7-8,12-13H,2,5-6,9-11,14-17H2,1H3,(H,19,20)/b4-3+,8-7+,13-12+. The van der Waals surface area contributed by atoms with Gasteiger partial charge in [-0.2, -0.15) is 0 Å². The molecule has 0 radical (unpaired) electrons. The van der Waals surface area contributed by atoms with Gasteiger partial charge in [-0.1, -0.05) is 43.4 Å². The maximum absolute atomic E-state index is 10.3. The van der Waals surface area contributed by atoms with Crippen molar-refractivity contribution < 1.29 is 9.90 Å².